The summed E-state index contributed by atoms with van der Waals surface area (Å²) in [7, 11) is 0. The quantitative estimate of drug-likeness (QED) is 0.824. The monoisotopic (exact) mass is 229 g/mol. The minimum atomic E-state index is 0.571. The van der Waals surface area contributed by atoms with E-state index in [1.165, 1.54) is 11.1 Å². The molecule has 0 aliphatic carbocycles. The maximum absolute atomic E-state index is 5.78. The van der Waals surface area contributed by atoms with Gasteiger partial charge < -0.3 is 5.32 Å². The second-order valence-corrected chi connectivity index (χ2v) is 3.62. The number of hydrogen-bond donors (Lipinski definition) is 1. The standard InChI is InChI=1S/C11H13Cl2N/c1-2-9-5-3-4-6-11(9)14-8-10(13)7-12/h3-7,14H,2,8H2,1H3. The van der Waals surface area contributed by atoms with Crippen molar-refractivity contribution in [3.63, 3.8) is 0 Å². The van der Waals surface area contributed by atoms with Gasteiger partial charge in [-0.15, -0.1) is 0 Å². The SMILES string of the molecule is CCc1ccccc1NCC(Cl)=CCl. The van der Waals surface area contributed by atoms with Gasteiger partial charge in [0, 0.05) is 16.3 Å². The average Bonchev–Trinajstić information content (AvgIpc) is 2.26. The minimum absolute atomic E-state index is 0.571. The van der Waals surface area contributed by atoms with Crippen LogP contribution in [0.3, 0.4) is 0 Å². The number of rotatable bonds is 4. The van der Waals surface area contributed by atoms with E-state index in [1.54, 1.807) is 0 Å². The lowest BCUT2D eigenvalue weighted by molar-refractivity contribution is 1.13. The van der Waals surface area contributed by atoms with E-state index in [4.69, 9.17) is 23.2 Å². The molecule has 1 nitrogen and oxygen atoms in total. The van der Waals surface area contributed by atoms with E-state index in [-0.39, 0.29) is 0 Å². The van der Waals surface area contributed by atoms with E-state index in [2.05, 4.69) is 18.3 Å². The number of para-hydroxylation sites is 1. The van der Waals surface area contributed by atoms with Crippen molar-refractivity contribution in [2.45, 2.75) is 13.3 Å². The molecule has 0 atom stereocenters. The minimum Gasteiger partial charge on any atom is -0.380 e. The fourth-order valence-corrected chi connectivity index (χ4v) is 1.36. The van der Waals surface area contributed by atoms with Crippen molar-refractivity contribution < 1.29 is 0 Å². The molecule has 76 valence electrons. The Kier molecular flexibility index (Phi) is 4.85. The lowest BCUT2D eigenvalue weighted by atomic mass is 10.1. The molecule has 0 amide bonds. The first-order chi connectivity index (χ1) is 6.77. The lowest BCUT2D eigenvalue weighted by Gasteiger charge is -2.09. The maximum Gasteiger partial charge on any atom is 0.0516 e. The Morgan fingerprint density at radius 1 is 1.43 bits per heavy atom. The lowest BCUT2D eigenvalue weighted by Crippen LogP contribution is -2.03. The number of halogens is 2. The van der Waals surface area contributed by atoms with E-state index in [0.29, 0.717) is 11.6 Å². The van der Waals surface area contributed by atoms with Crippen LogP contribution in [0.5, 0.6) is 0 Å². The molecule has 14 heavy (non-hydrogen) atoms. The van der Waals surface area contributed by atoms with Gasteiger partial charge >= 0.3 is 0 Å². The van der Waals surface area contributed by atoms with Crippen LogP contribution in [0.1, 0.15) is 12.5 Å². The molecule has 0 radical (unpaired) electrons. The van der Waals surface area contributed by atoms with Crippen molar-refractivity contribution in [3.8, 4) is 0 Å². The Bertz CT molecular complexity index is 321. The molecular weight excluding hydrogens is 217 g/mol. The highest BCUT2D eigenvalue weighted by molar-refractivity contribution is 6.36. The third-order valence-electron chi connectivity index (χ3n) is 1.96. The van der Waals surface area contributed by atoms with Crippen LogP contribution in [0.2, 0.25) is 0 Å². The van der Waals surface area contributed by atoms with Crippen molar-refractivity contribution in [3.05, 3.63) is 40.4 Å². The van der Waals surface area contributed by atoms with Crippen molar-refractivity contribution in [2.75, 3.05) is 11.9 Å². The summed E-state index contributed by atoms with van der Waals surface area (Å²) in [5.74, 6) is 0. The Balaban J connectivity index is 2.66. The average molecular weight is 230 g/mol. The van der Waals surface area contributed by atoms with E-state index in [1.807, 2.05) is 18.2 Å². The van der Waals surface area contributed by atoms with Gasteiger partial charge in [-0.05, 0) is 18.1 Å². The third kappa shape index (κ3) is 3.24. The second-order valence-electron chi connectivity index (χ2n) is 2.92. The zero-order valence-corrected chi connectivity index (χ0v) is 9.57. The molecule has 0 fully saturated rings. The van der Waals surface area contributed by atoms with Crippen LogP contribution >= 0.6 is 23.2 Å². The molecule has 0 aliphatic rings. The summed E-state index contributed by atoms with van der Waals surface area (Å²) >= 11 is 11.2. The van der Waals surface area contributed by atoms with Crippen molar-refractivity contribution in [1.82, 2.24) is 0 Å². The summed E-state index contributed by atoms with van der Waals surface area (Å²) in [5.41, 5.74) is 3.78. The zero-order chi connectivity index (χ0) is 10.4. The van der Waals surface area contributed by atoms with Gasteiger partial charge in [-0.25, -0.2) is 0 Å². The Labute approximate surface area is 94.7 Å². The van der Waals surface area contributed by atoms with E-state index >= 15 is 0 Å². The Hall–Kier alpha value is -0.660. The summed E-state index contributed by atoms with van der Waals surface area (Å²) in [6.45, 7) is 2.70. The van der Waals surface area contributed by atoms with Crippen LogP contribution in [0.4, 0.5) is 5.69 Å². The molecule has 0 heterocycles. The predicted molar refractivity (Wildman–Crippen MR) is 64.1 cm³/mol. The highest BCUT2D eigenvalue weighted by atomic mass is 35.5. The molecule has 1 aromatic carbocycles. The molecule has 0 saturated carbocycles. The summed E-state index contributed by atoms with van der Waals surface area (Å²) in [6, 6.07) is 8.17. The van der Waals surface area contributed by atoms with Gasteiger partial charge in [0.1, 0.15) is 0 Å². The van der Waals surface area contributed by atoms with E-state index in [9.17, 15) is 0 Å². The van der Waals surface area contributed by atoms with Gasteiger partial charge in [0.25, 0.3) is 0 Å². The summed E-state index contributed by atoms with van der Waals surface area (Å²) in [4.78, 5) is 0. The van der Waals surface area contributed by atoms with Crippen LogP contribution in [0.15, 0.2) is 34.8 Å². The molecule has 0 unspecified atom stereocenters. The van der Waals surface area contributed by atoms with Gasteiger partial charge in [0.2, 0.25) is 0 Å². The Morgan fingerprint density at radius 3 is 2.79 bits per heavy atom. The molecule has 0 saturated heterocycles. The predicted octanol–water partition coefficient (Wildman–Crippen LogP) is 3.98. The van der Waals surface area contributed by atoms with Crippen molar-refractivity contribution in [2.24, 2.45) is 0 Å². The van der Waals surface area contributed by atoms with E-state index < -0.39 is 0 Å². The number of hydrogen-bond acceptors (Lipinski definition) is 1. The van der Waals surface area contributed by atoms with Crippen LogP contribution in [0, 0.1) is 0 Å². The van der Waals surface area contributed by atoms with Gasteiger partial charge in [0.05, 0.1) is 6.54 Å². The molecule has 0 spiro atoms. The molecule has 1 aromatic rings. The van der Waals surface area contributed by atoms with Crippen LogP contribution in [0.25, 0.3) is 0 Å². The highest BCUT2D eigenvalue weighted by Crippen LogP contribution is 2.16. The van der Waals surface area contributed by atoms with Crippen molar-refractivity contribution >= 4 is 28.9 Å². The first-order valence-corrected chi connectivity index (χ1v) is 5.36. The van der Waals surface area contributed by atoms with Crippen LogP contribution < -0.4 is 5.32 Å². The van der Waals surface area contributed by atoms with Gasteiger partial charge in [-0.3, -0.25) is 0 Å². The summed E-state index contributed by atoms with van der Waals surface area (Å²) in [5, 5.41) is 3.84. The van der Waals surface area contributed by atoms with E-state index in [0.717, 1.165) is 12.1 Å². The molecular formula is C11H13Cl2N. The first-order valence-electron chi connectivity index (χ1n) is 4.54. The zero-order valence-electron chi connectivity index (χ0n) is 8.06. The third-order valence-corrected chi connectivity index (χ3v) is 2.58. The maximum atomic E-state index is 5.78. The molecule has 3 heteroatoms. The summed E-state index contributed by atoms with van der Waals surface area (Å²) in [6.07, 6.45) is 1.01. The van der Waals surface area contributed by atoms with Crippen molar-refractivity contribution in [1.29, 1.82) is 0 Å². The number of nitrogens with one attached hydrogen (secondary N) is 1. The molecule has 1 rings (SSSR count). The number of aryl methyl sites for hydroxylation is 1. The van der Waals surface area contributed by atoms with Gasteiger partial charge in [-0.2, -0.15) is 0 Å². The molecule has 0 bridgehead atoms. The summed E-state index contributed by atoms with van der Waals surface area (Å²) < 4.78 is 0. The van der Waals surface area contributed by atoms with Gasteiger partial charge in [0.15, 0.2) is 0 Å². The smallest absolute Gasteiger partial charge is 0.0516 e. The number of benzene rings is 1. The normalized spacial score (nSPS) is 11.5. The molecule has 0 aliphatic heterocycles. The molecule has 1 N–H and O–H groups in total. The topological polar surface area (TPSA) is 12.0 Å². The fourth-order valence-electron chi connectivity index (χ4n) is 1.22. The highest BCUT2D eigenvalue weighted by Gasteiger charge is 1.98. The van der Waals surface area contributed by atoms with Gasteiger partial charge in [-0.1, -0.05) is 48.3 Å². The number of anilines is 1. The largest absolute Gasteiger partial charge is 0.380 e. The second kappa shape index (κ2) is 5.94. The Morgan fingerprint density at radius 2 is 2.14 bits per heavy atom. The fraction of sp³-hybridized carbons (Fsp3) is 0.273. The van der Waals surface area contributed by atoms with Crippen LogP contribution in [-0.2, 0) is 6.42 Å². The van der Waals surface area contributed by atoms with Crippen LogP contribution in [-0.4, -0.2) is 6.54 Å². The molecule has 0 aromatic heterocycles. The first kappa shape index (κ1) is 11.4.